The lowest BCUT2D eigenvalue weighted by Crippen LogP contribution is -2.27. The van der Waals surface area contributed by atoms with E-state index < -0.39 is 5.82 Å². The molecular weight excluding hydrogens is 399 g/mol. The highest BCUT2D eigenvalue weighted by molar-refractivity contribution is 5.79. The lowest BCUT2D eigenvalue weighted by atomic mass is 10.2. The Morgan fingerprint density at radius 3 is 2.87 bits per heavy atom. The molecule has 158 valence electrons. The maximum Gasteiger partial charge on any atom is 0.223 e. The topological polar surface area (TPSA) is 131 Å². The van der Waals surface area contributed by atoms with Gasteiger partial charge in [0.1, 0.15) is 17.4 Å². The zero-order valence-electron chi connectivity index (χ0n) is 16.5. The van der Waals surface area contributed by atoms with E-state index in [4.69, 9.17) is 16.2 Å². The third-order valence-corrected chi connectivity index (χ3v) is 5.12. The average Bonchev–Trinajstić information content (AvgIpc) is 3.38. The van der Waals surface area contributed by atoms with Crippen LogP contribution in [0.25, 0.3) is 10.9 Å². The number of hydrogen-bond donors (Lipinski definition) is 4. The fraction of sp³-hybridized carbons (Fsp3) is 0.190. The first-order valence-electron chi connectivity index (χ1n) is 9.86. The van der Waals surface area contributed by atoms with Gasteiger partial charge in [0.15, 0.2) is 11.6 Å². The summed E-state index contributed by atoms with van der Waals surface area (Å²) in [5.41, 5.74) is 13.2. The van der Waals surface area contributed by atoms with E-state index in [0.717, 1.165) is 23.9 Å². The van der Waals surface area contributed by atoms with Gasteiger partial charge in [-0.15, -0.1) is 0 Å². The van der Waals surface area contributed by atoms with Crippen molar-refractivity contribution >= 4 is 34.2 Å². The molecule has 3 heterocycles. The van der Waals surface area contributed by atoms with Crippen molar-refractivity contribution in [2.75, 3.05) is 29.0 Å². The van der Waals surface area contributed by atoms with Gasteiger partial charge in [-0.2, -0.15) is 15.1 Å². The fourth-order valence-corrected chi connectivity index (χ4v) is 3.59. The van der Waals surface area contributed by atoms with Gasteiger partial charge in [-0.05, 0) is 36.8 Å². The maximum atomic E-state index is 14.7. The number of hydrogen-bond acceptors (Lipinski definition) is 8. The first kappa shape index (κ1) is 19.1. The molecule has 10 heteroatoms. The summed E-state index contributed by atoms with van der Waals surface area (Å²) >= 11 is 0. The number of rotatable bonds is 5. The summed E-state index contributed by atoms with van der Waals surface area (Å²) in [6.45, 7) is 1.52. The van der Waals surface area contributed by atoms with Crippen LogP contribution >= 0.6 is 0 Å². The van der Waals surface area contributed by atoms with Crippen LogP contribution < -0.4 is 26.4 Å². The van der Waals surface area contributed by atoms with Crippen LogP contribution in [0.2, 0.25) is 0 Å². The molecule has 0 spiro atoms. The second-order valence-electron chi connectivity index (χ2n) is 7.46. The molecule has 5 rings (SSSR count). The number of aromatic nitrogens is 4. The van der Waals surface area contributed by atoms with E-state index in [1.165, 1.54) is 6.07 Å². The number of fused-ring (bicyclic) bond motifs is 1. The van der Waals surface area contributed by atoms with Crippen molar-refractivity contribution < 1.29 is 9.13 Å². The van der Waals surface area contributed by atoms with Gasteiger partial charge in [0, 0.05) is 42.3 Å². The van der Waals surface area contributed by atoms with E-state index in [0.29, 0.717) is 29.6 Å². The predicted octanol–water partition coefficient (Wildman–Crippen LogP) is 3.15. The summed E-state index contributed by atoms with van der Waals surface area (Å²) in [6.07, 6.45) is 2.58. The number of nitrogens with two attached hydrogens (primary N) is 2. The largest absolute Gasteiger partial charge is 0.454 e. The number of H-pyrrole nitrogens is 1. The highest BCUT2D eigenvalue weighted by Gasteiger charge is 2.21. The van der Waals surface area contributed by atoms with Crippen LogP contribution in [0.5, 0.6) is 11.5 Å². The third kappa shape index (κ3) is 4.05. The van der Waals surface area contributed by atoms with Gasteiger partial charge < -0.3 is 26.4 Å². The minimum Gasteiger partial charge on any atom is -0.454 e. The Morgan fingerprint density at radius 1 is 1.16 bits per heavy atom. The Kier molecular flexibility index (Phi) is 4.75. The summed E-state index contributed by atoms with van der Waals surface area (Å²) in [5, 5.41) is 10.8. The highest BCUT2D eigenvalue weighted by atomic mass is 19.1. The molecule has 0 aliphatic carbocycles. The number of ether oxygens (including phenoxy) is 1. The van der Waals surface area contributed by atoms with Gasteiger partial charge in [0.05, 0.1) is 11.7 Å². The second-order valence-corrected chi connectivity index (χ2v) is 7.46. The zero-order valence-corrected chi connectivity index (χ0v) is 16.5. The fourth-order valence-electron chi connectivity index (χ4n) is 3.59. The lowest BCUT2D eigenvalue weighted by molar-refractivity contribution is 0.443. The molecule has 2 aromatic carbocycles. The van der Waals surface area contributed by atoms with Crippen molar-refractivity contribution in [1.82, 2.24) is 20.2 Å². The Morgan fingerprint density at radius 2 is 2.06 bits per heavy atom. The highest BCUT2D eigenvalue weighted by Crippen LogP contribution is 2.30. The number of halogens is 1. The van der Waals surface area contributed by atoms with E-state index in [-0.39, 0.29) is 17.7 Å². The summed E-state index contributed by atoms with van der Waals surface area (Å²) < 4.78 is 20.4. The molecule has 1 aliphatic heterocycles. The van der Waals surface area contributed by atoms with E-state index in [1.54, 1.807) is 36.5 Å². The van der Waals surface area contributed by atoms with Crippen molar-refractivity contribution in [1.29, 1.82) is 0 Å². The molecular formula is C21H21FN8O. The van der Waals surface area contributed by atoms with Gasteiger partial charge in [0.2, 0.25) is 5.95 Å². The normalized spacial score (nSPS) is 16.1. The molecule has 1 atom stereocenters. The number of nitrogen functional groups attached to an aromatic ring is 1. The van der Waals surface area contributed by atoms with Crippen molar-refractivity contribution in [2.24, 2.45) is 5.73 Å². The van der Waals surface area contributed by atoms with E-state index in [9.17, 15) is 4.39 Å². The number of aromatic amines is 1. The molecule has 0 amide bonds. The molecule has 0 saturated carbocycles. The quantitative estimate of drug-likeness (QED) is 0.387. The van der Waals surface area contributed by atoms with Crippen LogP contribution in [-0.4, -0.2) is 39.3 Å². The maximum absolute atomic E-state index is 14.7. The van der Waals surface area contributed by atoms with E-state index in [2.05, 4.69) is 30.4 Å². The molecule has 0 radical (unpaired) electrons. The molecule has 4 aromatic rings. The Balaban J connectivity index is 1.33. The van der Waals surface area contributed by atoms with Gasteiger partial charge in [-0.1, -0.05) is 0 Å². The molecule has 6 N–H and O–H groups in total. The second kappa shape index (κ2) is 7.73. The van der Waals surface area contributed by atoms with Gasteiger partial charge in [0.25, 0.3) is 0 Å². The molecule has 31 heavy (non-hydrogen) atoms. The van der Waals surface area contributed by atoms with Crippen molar-refractivity contribution in [2.45, 2.75) is 12.5 Å². The van der Waals surface area contributed by atoms with Crippen molar-refractivity contribution in [3.8, 4) is 11.5 Å². The third-order valence-electron chi connectivity index (χ3n) is 5.12. The minimum atomic E-state index is -0.509. The smallest absolute Gasteiger partial charge is 0.223 e. The van der Waals surface area contributed by atoms with Crippen LogP contribution in [-0.2, 0) is 0 Å². The van der Waals surface area contributed by atoms with Crippen molar-refractivity contribution in [3.05, 3.63) is 54.5 Å². The van der Waals surface area contributed by atoms with E-state index >= 15 is 0 Å². The van der Waals surface area contributed by atoms with Crippen molar-refractivity contribution in [3.63, 3.8) is 0 Å². The molecule has 0 bridgehead atoms. The number of nitrogens with one attached hydrogen (secondary N) is 2. The van der Waals surface area contributed by atoms with E-state index in [1.807, 2.05) is 6.07 Å². The molecule has 1 saturated heterocycles. The number of nitrogens with zero attached hydrogens (tertiary/aromatic N) is 4. The van der Waals surface area contributed by atoms with Crippen LogP contribution in [0.15, 0.2) is 48.7 Å². The van der Waals surface area contributed by atoms with Crippen LogP contribution in [0, 0.1) is 5.82 Å². The van der Waals surface area contributed by atoms with Gasteiger partial charge in [-0.25, -0.2) is 4.39 Å². The minimum absolute atomic E-state index is 0.113. The number of anilines is 4. The summed E-state index contributed by atoms with van der Waals surface area (Å²) in [6, 6.07) is 11.9. The Hall–Kier alpha value is -3.92. The average molecular weight is 420 g/mol. The lowest BCUT2D eigenvalue weighted by Gasteiger charge is -2.18. The standard InChI is InChI=1S/C21H21FN8O/c22-16-8-14(1-4-18(16)31-15-2-3-17-12(7-15)10-25-29-17)26-19-9-20(28-21(24)27-19)30-6-5-13(23)11-30/h1-4,7-10,13H,5-6,11,23H2,(H,25,29)(H3,24,26,27,28)/t13-/m0/s1. The van der Waals surface area contributed by atoms with Gasteiger partial charge in [-0.3, -0.25) is 5.10 Å². The molecule has 1 aliphatic rings. The molecule has 1 fully saturated rings. The molecule has 9 nitrogen and oxygen atoms in total. The first-order valence-corrected chi connectivity index (χ1v) is 9.86. The zero-order chi connectivity index (χ0) is 21.4. The van der Waals surface area contributed by atoms with Crippen LogP contribution in [0.3, 0.4) is 0 Å². The monoisotopic (exact) mass is 420 g/mol. The van der Waals surface area contributed by atoms with Crippen LogP contribution in [0.4, 0.5) is 27.7 Å². The summed E-state index contributed by atoms with van der Waals surface area (Å²) in [5.74, 6) is 1.42. The van der Waals surface area contributed by atoms with Crippen LogP contribution in [0.1, 0.15) is 6.42 Å². The van der Waals surface area contributed by atoms with Gasteiger partial charge >= 0.3 is 0 Å². The molecule has 2 aromatic heterocycles. The first-order chi connectivity index (χ1) is 15.0. The SMILES string of the molecule is Nc1nc(Nc2ccc(Oc3ccc4[nH]ncc4c3)c(F)c2)cc(N2CC[C@H](N)C2)n1. The Labute approximate surface area is 177 Å². The Bertz CT molecular complexity index is 1240. The summed E-state index contributed by atoms with van der Waals surface area (Å²) in [7, 11) is 0. The molecule has 0 unspecified atom stereocenters. The summed E-state index contributed by atoms with van der Waals surface area (Å²) in [4.78, 5) is 10.5. The predicted molar refractivity (Wildman–Crippen MR) is 117 cm³/mol. The number of benzene rings is 2.